The van der Waals surface area contributed by atoms with Gasteiger partial charge in [0, 0.05) is 19.3 Å². The molecule has 0 atom stereocenters. The Labute approximate surface area is 124 Å². The molecule has 1 aromatic carbocycles. The van der Waals surface area contributed by atoms with Crippen molar-refractivity contribution in [3.8, 4) is 5.75 Å². The number of carbonyl (C=O) groups is 1. The second-order valence-corrected chi connectivity index (χ2v) is 4.93. The number of nitrogens with two attached hydrogens (primary N) is 1. The van der Waals surface area contributed by atoms with Crippen molar-refractivity contribution in [1.82, 2.24) is 0 Å². The number of amides is 1. The third-order valence-electron chi connectivity index (χ3n) is 3.39. The van der Waals surface area contributed by atoms with Gasteiger partial charge >= 0.3 is 0 Å². The van der Waals surface area contributed by atoms with E-state index < -0.39 is 0 Å². The predicted octanol–water partition coefficient (Wildman–Crippen LogP) is 1.80. The number of nitrogens with one attached hydrogen (secondary N) is 1. The molecule has 0 spiro atoms. The molecule has 21 heavy (non-hydrogen) atoms. The summed E-state index contributed by atoms with van der Waals surface area (Å²) in [5, 5.41) is 2.77. The number of methoxy groups -OCH3 is 1. The quantitative estimate of drug-likeness (QED) is 0.782. The first-order chi connectivity index (χ1) is 10.2. The van der Waals surface area contributed by atoms with Gasteiger partial charge in [0.05, 0.1) is 37.6 Å². The van der Waals surface area contributed by atoms with E-state index in [0.29, 0.717) is 30.2 Å². The number of rotatable bonds is 6. The van der Waals surface area contributed by atoms with Gasteiger partial charge in [-0.15, -0.1) is 0 Å². The molecule has 0 radical (unpaired) electrons. The zero-order valence-electron chi connectivity index (χ0n) is 12.3. The molecule has 6 nitrogen and oxygen atoms in total. The maximum Gasteiger partial charge on any atom is 0.226 e. The summed E-state index contributed by atoms with van der Waals surface area (Å²) in [5.74, 6) is 0.528. The van der Waals surface area contributed by atoms with Crippen LogP contribution in [0.1, 0.15) is 19.3 Å². The molecule has 2 rings (SSSR count). The topological polar surface area (TPSA) is 82.8 Å². The molecule has 116 valence electrons. The van der Waals surface area contributed by atoms with Crippen molar-refractivity contribution in [2.75, 3.05) is 38.0 Å². The summed E-state index contributed by atoms with van der Waals surface area (Å²) in [5.41, 5.74) is 6.89. The van der Waals surface area contributed by atoms with Gasteiger partial charge in [-0.3, -0.25) is 4.79 Å². The van der Waals surface area contributed by atoms with Crippen molar-refractivity contribution in [2.24, 2.45) is 0 Å². The monoisotopic (exact) mass is 294 g/mol. The lowest BCUT2D eigenvalue weighted by Crippen LogP contribution is -2.25. The molecule has 1 saturated heterocycles. The minimum atomic E-state index is -0.123. The molecule has 0 aliphatic carbocycles. The molecule has 1 aromatic rings. The Morgan fingerprint density at radius 2 is 2.19 bits per heavy atom. The van der Waals surface area contributed by atoms with E-state index in [1.54, 1.807) is 25.3 Å². The lowest BCUT2D eigenvalue weighted by atomic mass is 10.1. The lowest BCUT2D eigenvalue weighted by molar-refractivity contribution is -0.118. The summed E-state index contributed by atoms with van der Waals surface area (Å²) in [6.07, 6.45) is 2.29. The summed E-state index contributed by atoms with van der Waals surface area (Å²) < 4.78 is 16.0. The van der Waals surface area contributed by atoms with Crippen LogP contribution in [0.4, 0.5) is 11.4 Å². The second-order valence-electron chi connectivity index (χ2n) is 4.93. The van der Waals surface area contributed by atoms with Gasteiger partial charge in [-0.05, 0) is 25.0 Å². The van der Waals surface area contributed by atoms with E-state index in [-0.39, 0.29) is 12.0 Å². The van der Waals surface area contributed by atoms with Gasteiger partial charge in [-0.25, -0.2) is 0 Å². The Morgan fingerprint density at radius 1 is 1.43 bits per heavy atom. The van der Waals surface area contributed by atoms with Gasteiger partial charge in [0.25, 0.3) is 0 Å². The van der Waals surface area contributed by atoms with Gasteiger partial charge in [0.1, 0.15) is 5.75 Å². The molecule has 1 heterocycles. The third-order valence-corrected chi connectivity index (χ3v) is 3.39. The van der Waals surface area contributed by atoms with Crippen LogP contribution in [0.15, 0.2) is 18.2 Å². The SMILES string of the molecule is COc1ccc(N)c(NC(=O)CCOC2CCOCC2)c1. The van der Waals surface area contributed by atoms with Gasteiger partial charge in [0.2, 0.25) is 5.91 Å². The summed E-state index contributed by atoms with van der Waals surface area (Å²) >= 11 is 0. The van der Waals surface area contributed by atoms with Crippen LogP contribution in [-0.4, -0.2) is 38.9 Å². The Balaban J connectivity index is 1.76. The molecule has 0 bridgehead atoms. The number of nitrogen functional groups attached to an aromatic ring is 1. The highest BCUT2D eigenvalue weighted by Crippen LogP contribution is 2.24. The molecule has 3 N–H and O–H groups in total. The van der Waals surface area contributed by atoms with Gasteiger partial charge < -0.3 is 25.3 Å². The third kappa shape index (κ3) is 4.91. The zero-order valence-corrected chi connectivity index (χ0v) is 12.3. The highest BCUT2D eigenvalue weighted by atomic mass is 16.5. The van der Waals surface area contributed by atoms with Crippen LogP contribution in [0, 0.1) is 0 Å². The van der Waals surface area contributed by atoms with E-state index in [1.165, 1.54) is 0 Å². The molecule has 1 aliphatic heterocycles. The predicted molar refractivity (Wildman–Crippen MR) is 80.4 cm³/mol. The normalized spacial score (nSPS) is 15.7. The largest absolute Gasteiger partial charge is 0.497 e. The van der Waals surface area contributed by atoms with E-state index in [1.807, 2.05) is 0 Å². The number of ether oxygens (including phenoxy) is 3. The average Bonchev–Trinajstić information content (AvgIpc) is 2.50. The Morgan fingerprint density at radius 3 is 2.90 bits per heavy atom. The van der Waals surface area contributed by atoms with E-state index in [9.17, 15) is 4.79 Å². The molecule has 0 unspecified atom stereocenters. The van der Waals surface area contributed by atoms with Crippen LogP contribution in [0.25, 0.3) is 0 Å². The number of anilines is 2. The number of hydrogen-bond donors (Lipinski definition) is 2. The van der Waals surface area contributed by atoms with Crippen molar-refractivity contribution < 1.29 is 19.0 Å². The minimum Gasteiger partial charge on any atom is -0.497 e. The Kier molecular flexibility index (Phi) is 5.83. The fraction of sp³-hybridized carbons (Fsp3) is 0.533. The first-order valence-electron chi connectivity index (χ1n) is 7.11. The lowest BCUT2D eigenvalue weighted by Gasteiger charge is -2.22. The van der Waals surface area contributed by atoms with Crippen molar-refractivity contribution in [3.63, 3.8) is 0 Å². The fourth-order valence-corrected chi connectivity index (χ4v) is 2.14. The Hall–Kier alpha value is -1.79. The molecular formula is C15H22N2O4. The minimum absolute atomic E-state index is 0.123. The molecule has 1 amide bonds. The van der Waals surface area contributed by atoms with Crippen LogP contribution in [0.2, 0.25) is 0 Å². The van der Waals surface area contributed by atoms with Crippen molar-refractivity contribution in [3.05, 3.63) is 18.2 Å². The highest BCUT2D eigenvalue weighted by Gasteiger charge is 2.14. The first-order valence-corrected chi connectivity index (χ1v) is 7.11. The van der Waals surface area contributed by atoms with Crippen LogP contribution in [0.5, 0.6) is 5.75 Å². The summed E-state index contributed by atoms with van der Waals surface area (Å²) in [7, 11) is 1.57. The van der Waals surface area contributed by atoms with Crippen molar-refractivity contribution in [1.29, 1.82) is 0 Å². The summed E-state index contributed by atoms with van der Waals surface area (Å²) in [6.45, 7) is 1.87. The average molecular weight is 294 g/mol. The van der Waals surface area contributed by atoms with E-state index in [4.69, 9.17) is 19.9 Å². The maximum atomic E-state index is 11.9. The standard InChI is InChI=1S/C15H22N2O4/c1-19-12-2-3-13(16)14(10-12)17-15(18)6-9-21-11-4-7-20-8-5-11/h2-3,10-11H,4-9,16H2,1H3,(H,17,18). The van der Waals surface area contributed by atoms with Gasteiger partial charge in [-0.1, -0.05) is 0 Å². The molecule has 6 heteroatoms. The van der Waals surface area contributed by atoms with E-state index in [0.717, 1.165) is 26.1 Å². The van der Waals surface area contributed by atoms with Crippen LogP contribution in [-0.2, 0) is 14.3 Å². The smallest absolute Gasteiger partial charge is 0.226 e. The van der Waals surface area contributed by atoms with Crippen LogP contribution < -0.4 is 15.8 Å². The molecular weight excluding hydrogens is 272 g/mol. The number of carbonyl (C=O) groups excluding carboxylic acids is 1. The van der Waals surface area contributed by atoms with Crippen LogP contribution in [0.3, 0.4) is 0 Å². The first kappa shape index (κ1) is 15.6. The molecule has 1 fully saturated rings. The summed E-state index contributed by atoms with van der Waals surface area (Å²) in [6, 6.07) is 5.15. The van der Waals surface area contributed by atoms with Gasteiger partial charge in [-0.2, -0.15) is 0 Å². The number of benzene rings is 1. The maximum absolute atomic E-state index is 11.9. The van der Waals surface area contributed by atoms with E-state index >= 15 is 0 Å². The van der Waals surface area contributed by atoms with Crippen LogP contribution >= 0.6 is 0 Å². The number of hydrogen-bond acceptors (Lipinski definition) is 5. The Bertz CT molecular complexity index is 473. The van der Waals surface area contributed by atoms with Crippen molar-refractivity contribution in [2.45, 2.75) is 25.4 Å². The highest BCUT2D eigenvalue weighted by molar-refractivity contribution is 5.94. The molecule has 0 aromatic heterocycles. The fourth-order valence-electron chi connectivity index (χ4n) is 2.14. The second kappa shape index (κ2) is 7.85. The van der Waals surface area contributed by atoms with E-state index in [2.05, 4.69) is 5.32 Å². The summed E-state index contributed by atoms with van der Waals surface area (Å²) in [4.78, 5) is 11.9. The molecule has 0 saturated carbocycles. The zero-order chi connectivity index (χ0) is 15.1. The van der Waals surface area contributed by atoms with Crippen molar-refractivity contribution >= 4 is 17.3 Å². The molecule has 1 aliphatic rings. The van der Waals surface area contributed by atoms with Gasteiger partial charge in [0.15, 0.2) is 0 Å².